The van der Waals surface area contributed by atoms with E-state index in [2.05, 4.69) is 36.2 Å². The highest BCUT2D eigenvalue weighted by Gasteiger charge is 2.27. The molecular weight excluding hydrogens is 335 g/mol. The van der Waals surface area contributed by atoms with Crippen LogP contribution >= 0.6 is 24.8 Å². The lowest BCUT2D eigenvalue weighted by Gasteiger charge is -2.38. The molecule has 0 saturated carbocycles. The van der Waals surface area contributed by atoms with Crippen LogP contribution in [0.5, 0.6) is 11.5 Å². The zero-order valence-electron chi connectivity index (χ0n) is 14.5. The summed E-state index contributed by atoms with van der Waals surface area (Å²) < 4.78 is 10.8. The maximum Gasteiger partial charge on any atom is 0.161 e. The maximum absolute atomic E-state index is 5.47. The molecule has 1 aliphatic heterocycles. The van der Waals surface area contributed by atoms with Gasteiger partial charge < -0.3 is 14.8 Å². The Morgan fingerprint density at radius 1 is 1.09 bits per heavy atom. The Hall–Kier alpha value is -0.680. The second kappa shape index (κ2) is 11.0. The quantitative estimate of drug-likeness (QED) is 0.836. The van der Waals surface area contributed by atoms with Crippen molar-refractivity contribution >= 4 is 24.8 Å². The number of benzene rings is 1. The maximum atomic E-state index is 5.47. The zero-order valence-corrected chi connectivity index (χ0v) is 16.1. The van der Waals surface area contributed by atoms with Crippen molar-refractivity contribution in [3.05, 3.63) is 23.8 Å². The van der Waals surface area contributed by atoms with E-state index in [4.69, 9.17) is 9.47 Å². The summed E-state index contributed by atoms with van der Waals surface area (Å²) in [7, 11) is 3.38. The van der Waals surface area contributed by atoms with Crippen molar-refractivity contribution in [2.75, 3.05) is 40.4 Å². The standard InChI is InChI=1S/C17H28N2O2.2ClH/c1-5-13(2)17(19-10-8-18-9-11-19)14-6-7-15(20-3)16(12-14)21-4;;/h6-7,12-13,17-18H,5,8-11H2,1-4H3;2*1H/t13?,17-;;/m1../s1. The van der Waals surface area contributed by atoms with Gasteiger partial charge in [0.1, 0.15) is 0 Å². The molecule has 1 N–H and O–H groups in total. The van der Waals surface area contributed by atoms with E-state index in [-0.39, 0.29) is 24.8 Å². The third-order valence-corrected chi connectivity index (χ3v) is 4.48. The number of rotatable bonds is 6. The normalized spacial score (nSPS) is 17.4. The summed E-state index contributed by atoms with van der Waals surface area (Å²) in [5, 5.41) is 3.43. The lowest BCUT2D eigenvalue weighted by molar-refractivity contribution is 0.128. The van der Waals surface area contributed by atoms with Gasteiger partial charge in [-0.1, -0.05) is 26.3 Å². The van der Waals surface area contributed by atoms with Crippen molar-refractivity contribution < 1.29 is 9.47 Å². The number of hydrogen-bond donors (Lipinski definition) is 1. The van der Waals surface area contributed by atoms with Crippen LogP contribution in [0.15, 0.2) is 18.2 Å². The molecule has 0 radical (unpaired) electrons. The summed E-state index contributed by atoms with van der Waals surface area (Å²) in [6.45, 7) is 8.94. The van der Waals surface area contributed by atoms with Crippen molar-refractivity contribution in [1.29, 1.82) is 0 Å². The molecule has 6 heteroatoms. The van der Waals surface area contributed by atoms with E-state index < -0.39 is 0 Å². The molecule has 1 fully saturated rings. The summed E-state index contributed by atoms with van der Waals surface area (Å²) >= 11 is 0. The first-order valence-corrected chi connectivity index (χ1v) is 7.88. The van der Waals surface area contributed by atoms with Gasteiger partial charge in [0, 0.05) is 32.2 Å². The van der Waals surface area contributed by atoms with E-state index in [0.717, 1.165) is 37.7 Å². The van der Waals surface area contributed by atoms with Gasteiger partial charge in [-0.05, 0) is 23.6 Å². The largest absolute Gasteiger partial charge is 0.493 e. The van der Waals surface area contributed by atoms with E-state index in [1.165, 1.54) is 12.0 Å². The smallest absolute Gasteiger partial charge is 0.161 e. The molecule has 1 aromatic carbocycles. The Morgan fingerprint density at radius 3 is 2.22 bits per heavy atom. The zero-order chi connectivity index (χ0) is 15.2. The first-order valence-electron chi connectivity index (χ1n) is 7.88. The fourth-order valence-corrected chi connectivity index (χ4v) is 3.12. The molecule has 2 atom stereocenters. The molecule has 0 spiro atoms. The van der Waals surface area contributed by atoms with Gasteiger partial charge in [0.2, 0.25) is 0 Å². The second-order valence-corrected chi connectivity index (χ2v) is 5.73. The van der Waals surface area contributed by atoms with Gasteiger partial charge in [-0.25, -0.2) is 0 Å². The lowest BCUT2D eigenvalue weighted by Crippen LogP contribution is -2.46. The van der Waals surface area contributed by atoms with E-state index in [9.17, 15) is 0 Å². The summed E-state index contributed by atoms with van der Waals surface area (Å²) in [4.78, 5) is 2.59. The van der Waals surface area contributed by atoms with Crippen molar-refractivity contribution in [1.82, 2.24) is 10.2 Å². The van der Waals surface area contributed by atoms with E-state index in [0.29, 0.717) is 12.0 Å². The first kappa shape index (κ1) is 22.3. The first-order chi connectivity index (χ1) is 10.2. The molecule has 0 aliphatic carbocycles. The third kappa shape index (κ3) is 5.42. The lowest BCUT2D eigenvalue weighted by atomic mass is 9.90. The van der Waals surface area contributed by atoms with Gasteiger partial charge in [-0.2, -0.15) is 0 Å². The van der Waals surface area contributed by atoms with Crippen LogP contribution in [0, 0.1) is 5.92 Å². The van der Waals surface area contributed by atoms with Crippen molar-refractivity contribution in [3.63, 3.8) is 0 Å². The van der Waals surface area contributed by atoms with Gasteiger partial charge in [-0.15, -0.1) is 24.8 Å². The molecule has 1 unspecified atom stereocenters. The van der Waals surface area contributed by atoms with E-state index in [1.54, 1.807) is 14.2 Å². The summed E-state index contributed by atoms with van der Waals surface area (Å²) in [6, 6.07) is 6.78. The van der Waals surface area contributed by atoms with Crippen LogP contribution in [0.1, 0.15) is 31.9 Å². The van der Waals surface area contributed by atoms with Crippen LogP contribution in [0.3, 0.4) is 0 Å². The number of piperazine rings is 1. The summed E-state index contributed by atoms with van der Waals surface area (Å²) in [6.07, 6.45) is 1.17. The molecule has 1 aliphatic rings. The van der Waals surface area contributed by atoms with Crippen molar-refractivity contribution in [2.45, 2.75) is 26.3 Å². The van der Waals surface area contributed by atoms with E-state index in [1.807, 2.05) is 6.07 Å². The molecule has 23 heavy (non-hydrogen) atoms. The highest BCUT2D eigenvalue weighted by molar-refractivity contribution is 5.85. The van der Waals surface area contributed by atoms with Crippen LogP contribution in [-0.4, -0.2) is 45.3 Å². The average molecular weight is 365 g/mol. The molecule has 2 rings (SSSR count). The Bertz CT molecular complexity index is 454. The highest BCUT2D eigenvalue weighted by Crippen LogP contribution is 2.36. The van der Waals surface area contributed by atoms with Gasteiger partial charge in [0.05, 0.1) is 14.2 Å². The minimum absolute atomic E-state index is 0. The van der Waals surface area contributed by atoms with Crippen LogP contribution in [0.4, 0.5) is 0 Å². The molecule has 4 nitrogen and oxygen atoms in total. The number of ether oxygens (including phenoxy) is 2. The summed E-state index contributed by atoms with van der Waals surface area (Å²) in [5.74, 6) is 2.23. The monoisotopic (exact) mass is 364 g/mol. The van der Waals surface area contributed by atoms with Crippen molar-refractivity contribution in [3.8, 4) is 11.5 Å². The number of methoxy groups -OCH3 is 2. The molecule has 1 saturated heterocycles. The van der Waals surface area contributed by atoms with Gasteiger partial charge in [-0.3, -0.25) is 4.90 Å². The average Bonchev–Trinajstić information content (AvgIpc) is 2.55. The minimum atomic E-state index is 0. The van der Waals surface area contributed by atoms with Gasteiger partial charge in [0.15, 0.2) is 11.5 Å². The SMILES string of the molecule is CCC(C)[C@H](c1ccc(OC)c(OC)c1)N1CCNCC1.Cl.Cl. The fourth-order valence-electron chi connectivity index (χ4n) is 3.12. The Kier molecular flexibility index (Phi) is 10.7. The predicted octanol–water partition coefficient (Wildman–Crippen LogP) is 3.54. The number of nitrogens with zero attached hydrogens (tertiary/aromatic N) is 1. The van der Waals surface area contributed by atoms with Gasteiger partial charge >= 0.3 is 0 Å². The molecular formula is C17H30Cl2N2O2. The number of halogens is 2. The molecule has 0 bridgehead atoms. The molecule has 1 heterocycles. The predicted molar refractivity (Wildman–Crippen MR) is 101 cm³/mol. The Balaban J connectivity index is 0.00000242. The second-order valence-electron chi connectivity index (χ2n) is 5.73. The van der Waals surface area contributed by atoms with Crippen LogP contribution in [0.25, 0.3) is 0 Å². The van der Waals surface area contributed by atoms with Crippen molar-refractivity contribution in [2.24, 2.45) is 5.92 Å². The molecule has 0 amide bonds. The van der Waals surface area contributed by atoms with Crippen LogP contribution in [-0.2, 0) is 0 Å². The number of nitrogens with one attached hydrogen (secondary N) is 1. The summed E-state index contributed by atoms with van der Waals surface area (Å²) in [5.41, 5.74) is 1.32. The third-order valence-electron chi connectivity index (χ3n) is 4.48. The van der Waals surface area contributed by atoms with E-state index >= 15 is 0 Å². The molecule has 1 aromatic rings. The Labute approximate surface area is 152 Å². The topological polar surface area (TPSA) is 33.7 Å². The fraction of sp³-hybridized carbons (Fsp3) is 0.647. The highest BCUT2D eigenvalue weighted by atomic mass is 35.5. The number of hydrogen-bond acceptors (Lipinski definition) is 4. The minimum Gasteiger partial charge on any atom is -0.493 e. The Morgan fingerprint density at radius 2 is 1.70 bits per heavy atom. The molecule has 134 valence electrons. The van der Waals surface area contributed by atoms with Crippen LogP contribution < -0.4 is 14.8 Å². The van der Waals surface area contributed by atoms with Gasteiger partial charge in [0.25, 0.3) is 0 Å². The molecule has 0 aromatic heterocycles. The van der Waals surface area contributed by atoms with Crippen LogP contribution in [0.2, 0.25) is 0 Å².